The number of hydrogen-bond donors (Lipinski definition) is 2. The van der Waals surface area contributed by atoms with Crippen LogP contribution in [0.25, 0.3) is 11.3 Å². The summed E-state index contributed by atoms with van der Waals surface area (Å²) in [6, 6.07) is 7.64. The van der Waals surface area contributed by atoms with Crippen LogP contribution in [0.15, 0.2) is 30.5 Å². The maximum absolute atomic E-state index is 5.87. The van der Waals surface area contributed by atoms with Crippen LogP contribution in [0.2, 0.25) is 0 Å². The highest BCUT2D eigenvalue weighted by Gasteiger charge is 2.19. The summed E-state index contributed by atoms with van der Waals surface area (Å²) >= 11 is 0. The molecule has 1 aliphatic rings. The van der Waals surface area contributed by atoms with Crippen molar-refractivity contribution in [3.05, 3.63) is 30.5 Å². The molecule has 1 unspecified atom stereocenters. The third-order valence-electron chi connectivity index (χ3n) is 3.48. The van der Waals surface area contributed by atoms with Crippen LogP contribution >= 0.6 is 0 Å². The van der Waals surface area contributed by atoms with Crippen LogP contribution in [-0.4, -0.2) is 16.4 Å². The number of nitrogens with zero attached hydrogens (tertiary/aromatic N) is 2. The first-order valence-electron chi connectivity index (χ1n) is 6.56. The number of benzene rings is 1. The molecule has 2 aromatic rings. The molecule has 1 saturated heterocycles. The molecule has 1 aromatic carbocycles. The summed E-state index contributed by atoms with van der Waals surface area (Å²) < 4.78 is 7.72. The SMILES string of the molecule is Nc1ccc(-c2ccnn2C2CCCCO2)cc1N. The van der Waals surface area contributed by atoms with Crippen LogP contribution in [0.4, 0.5) is 11.4 Å². The van der Waals surface area contributed by atoms with Gasteiger partial charge in [-0.2, -0.15) is 5.10 Å². The average molecular weight is 258 g/mol. The summed E-state index contributed by atoms with van der Waals surface area (Å²) in [5.41, 5.74) is 14.8. The van der Waals surface area contributed by atoms with Crippen molar-refractivity contribution in [3.63, 3.8) is 0 Å². The molecule has 0 radical (unpaired) electrons. The molecule has 0 spiro atoms. The lowest BCUT2D eigenvalue weighted by molar-refractivity contribution is -0.0383. The van der Waals surface area contributed by atoms with Crippen molar-refractivity contribution in [3.8, 4) is 11.3 Å². The van der Waals surface area contributed by atoms with E-state index in [1.807, 2.05) is 28.9 Å². The van der Waals surface area contributed by atoms with Crippen molar-refractivity contribution in [2.24, 2.45) is 0 Å². The molecule has 100 valence electrons. The van der Waals surface area contributed by atoms with Crippen LogP contribution in [-0.2, 0) is 4.74 Å². The molecule has 5 heteroatoms. The molecule has 0 bridgehead atoms. The van der Waals surface area contributed by atoms with E-state index in [1.54, 1.807) is 6.20 Å². The van der Waals surface area contributed by atoms with Gasteiger partial charge >= 0.3 is 0 Å². The average Bonchev–Trinajstić information content (AvgIpc) is 2.92. The Morgan fingerprint density at radius 1 is 1.16 bits per heavy atom. The highest BCUT2D eigenvalue weighted by molar-refractivity contribution is 5.73. The molecule has 5 nitrogen and oxygen atoms in total. The fourth-order valence-corrected chi connectivity index (χ4v) is 2.42. The monoisotopic (exact) mass is 258 g/mol. The Morgan fingerprint density at radius 2 is 2.05 bits per heavy atom. The van der Waals surface area contributed by atoms with E-state index >= 15 is 0 Å². The van der Waals surface area contributed by atoms with Gasteiger partial charge in [0.05, 0.1) is 17.1 Å². The molecule has 3 rings (SSSR count). The molecular weight excluding hydrogens is 240 g/mol. The summed E-state index contributed by atoms with van der Waals surface area (Å²) in [4.78, 5) is 0. The number of hydrogen-bond acceptors (Lipinski definition) is 4. The first kappa shape index (κ1) is 12.0. The quantitative estimate of drug-likeness (QED) is 0.811. The molecule has 1 atom stereocenters. The lowest BCUT2D eigenvalue weighted by Gasteiger charge is -2.24. The minimum Gasteiger partial charge on any atom is -0.397 e. The van der Waals surface area contributed by atoms with Gasteiger partial charge in [-0.05, 0) is 37.5 Å². The molecule has 2 heterocycles. The Labute approximate surface area is 112 Å². The Balaban J connectivity index is 1.96. The van der Waals surface area contributed by atoms with Gasteiger partial charge in [-0.3, -0.25) is 0 Å². The van der Waals surface area contributed by atoms with E-state index in [9.17, 15) is 0 Å². The molecule has 1 aromatic heterocycles. The van der Waals surface area contributed by atoms with Crippen LogP contribution < -0.4 is 11.5 Å². The predicted octanol–water partition coefficient (Wildman–Crippen LogP) is 2.41. The molecule has 19 heavy (non-hydrogen) atoms. The lowest BCUT2D eigenvalue weighted by atomic mass is 10.1. The van der Waals surface area contributed by atoms with E-state index in [0.29, 0.717) is 11.4 Å². The van der Waals surface area contributed by atoms with Gasteiger partial charge in [0, 0.05) is 18.4 Å². The molecule has 1 fully saturated rings. The fourth-order valence-electron chi connectivity index (χ4n) is 2.42. The van der Waals surface area contributed by atoms with Gasteiger partial charge in [0.15, 0.2) is 6.23 Å². The second-order valence-corrected chi connectivity index (χ2v) is 4.83. The second-order valence-electron chi connectivity index (χ2n) is 4.83. The molecule has 0 aliphatic carbocycles. The minimum absolute atomic E-state index is 0.0255. The fraction of sp³-hybridized carbons (Fsp3) is 0.357. The van der Waals surface area contributed by atoms with Gasteiger partial charge in [0.25, 0.3) is 0 Å². The lowest BCUT2D eigenvalue weighted by Crippen LogP contribution is -2.19. The molecule has 4 N–H and O–H groups in total. The third kappa shape index (κ3) is 2.29. The van der Waals surface area contributed by atoms with Gasteiger partial charge in [-0.25, -0.2) is 4.68 Å². The number of anilines is 2. The first-order valence-corrected chi connectivity index (χ1v) is 6.56. The van der Waals surface area contributed by atoms with E-state index in [2.05, 4.69) is 5.10 Å². The number of ether oxygens (including phenoxy) is 1. The number of aromatic nitrogens is 2. The molecule has 1 aliphatic heterocycles. The van der Waals surface area contributed by atoms with E-state index < -0.39 is 0 Å². The van der Waals surface area contributed by atoms with Gasteiger partial charge < -0.3 is 16.2 Å². The van der Waals surface area contributed by atoms with E-state index in [-0.39, 0.29) is 6.23 Å². The van der Waals surface area contributed by atoms with E-state index in [4.69, 9.17) is 16.2 Å². The number of rotatable bonds is 2. The molecular formula is C14H18N4O. The molecule has 0 saturated carbocycles. The zero-order valence-electron chi connectivity index (χ0n) is 10.7. The maximum Gasteiger partial charge on any atom is 0.150 e. The van der Waals surface area contributed by atoms with Crippen LogP contribution in [0.3, 0.4) is 0 Å². The van der Waals surface area contributed by atoms with Crippen molar-refractivity contribution in [2.45, 2.75) is 25.5 Å². The van der Waals surface area contributed by atoms with Gasteiger partial charge in [0.2, 0.25) is 0 Å². The number of nitrogen functional groups attached to an aromatic ring is 2. The topological polar surface area (TPSA) is 79.1 Å². The second kappa shape index (κ2) is 4.93. The Bertz CT molecular complexity index is 573. The predicted molar refractivity (Wildman–Crippen MR) is 75.3 cm³/mol. The van der Waals surface area contributed by atoms with Crippen molar-refractivity contribution in [1.82, 2.24) is 9.78 Å². The highest BCUT2D eigenvalue weighted by atomic mass is 16.5. The summed E-state index contributed by atoms with van der Waals surface area (Å²) in [7, 11) is 0. The van der Waals surface area contributed by atoms with Gasteiger partial charge in [-0.15, -0.1) is 0 Å². The smallest absolute Gasteiger partial charge is 0.150 e. The zero-order valence-corrected chi connectivity index (χ0v) is 10.7. The normalized spacial score (nSPS) is 19.5. The Hall–Kier alpha value is -2.01. The van der Waals surface area contributed by atoms with Gasteiger partial charge in [0.1, 0.15) is 0 Å². The standard InChI is InChI=1S/C14H18N4O/c15-11-5-4-10(9-12(11)16)13-6-7-17-18(13)14-3-1-2-8-19-14/h4-7,9,14H,1-3,8,15-16H2. The first-order chi connectivity index (χ1) is 9.25. The summed E-state index contributed by atoms with van der Waals surface area (Å²) in [6.45, 7) is 0.799. The highest BCUT2D eigenvalue weighted by Crippen LogP contribution is 2.30. The molecule has 0 amide bonds. The van der Waals surface area contributed by atoms with Crippen molar-refractivity contribution < 1.29 is 4.74 Å². The van der Waals surface area contributed by atoms with Crippen molar-refractivity contribution in [2.75, 3.05) is 18.1 Å². The maximum atomic E-state index is 5.87. The summed E-state index contributed by atoms with van der Waals surface area (Å²) in [5.74, 6) is 0. The van der Waals surface area contributed by atoms with Gasteiger partial charge in [-0.1, -0.05) is 6.07 Å². The largest absolute Gasteiger partial charge is 0.397 e. The Kier molecular flexibility index (Phi) is 3.13. The van der Waals surface area contributed by atoms with E-state index in [0.717, 1.165) is 30.7 Å². The third-order valence-corrected chi connectivity index (χ3v) is 3.48. The zero-order chi connectivity index (χ0) is 13.2. The van der Waals surface area contributed by atoms with Crippen LogP contribution in [0.5, 0.6) is 0 Å². The van der Waals surface area contributed by atoms with Crippen molar-refractivity contribution >= 4 is 11.4 Å². The summed E-state index contributed by atoms with van der Waals surface area (Å²) in [6.07, 6.45) is 5.12. The summed E-state index contributed by atoms with van der Waals surface area (Å²) in [5, 5.41) is 4.39. The van der Waals surface area contributed by atoms with E-state index in [1.165, 1.54) is 6.42 Å². The minimum atomic E-state index is 0.0255. The van der Waals surface area contributed by atoms with Crippen molar-refractivity contribution in [1.29, 1.82) is 0 Å². The Morgan fingerprint density at radius 3 is 2.79 bits per heavy atom. The van der Waals surface area contributed by atoms with Crippen LogP contribution in [0.1, 0.15) is 25.5 Å². The van der Waals surface area contributed by atoms with Crippen LogP contribution in [0, 0.1) is 0 Å². The number of nitrogens with two attached hydrogens (primary N) is 2.